The predicted molar refractivity (Wildman–Crippen MR) is 53.8 cm³/mol. The Balaban J connectivity index is 1.94. The van der Waals surface area contributed by atoms with Crippen molar-refractivity contribution in [2.45, 2.75) is 51.1 Å². The zero-order valence-corrected chi connectivity index (χ0v) is 8.81. The van der Waals surface area contributed by atoms with E-state index in [1.54, 1.807) is 0 Å². The highest BCUT2D eigenvalue weighted by molar-refractivity contribution is 4.99. The maximum Gasteiger partial charge on any atom is 0.0648 e. The first-order chi connectivity index (χ1) is 6.22. The van der Waals surface area contributed by atoms with Crippen molar-refractivity contribution in [3.05, 3.63) is 0 Å². The summed E-state index contributed by atoms with van der Waals surface area (Å²) >= 11 is 0. The lowest BCUT2D eigenvalue weighted by atomic mass is 9.91. The van der Waals surface area contributed by atoms with Crippen LogP contribution in [0.25, 0.3) is 0 Å². The van der Waals surface area contributed by atoms with E-state index in [0.717, 1.165) is 25.2 Å². The SMILES string of the molecule is CC(C)C1CCC2(CCCOC2)N1. The van der Waals surface area contributed by atoms with Crippen molar-refractivity contribution in [1.82, 2.24) is 5.32 Å². The molecule has 1 spiro atoms. The molecule has 13 heavy (non-hydrogen) atoms. The summed E-state index contributed by atoms with van der Waals surface area (Å²) in [7, 11) is 0. The minimum absolute atomic E-state index is 0.354. The second-order valence-electron chi connectivity index (χ2n) is 4.97. The van der Waals surface area contributed by atoms with E-state index < -0.39 is 0 Å². The van der Waals surface area contributed by atoms with Crippen LogP contribution in [-0.4, -0.2) is 24.8 Å². The van der Waals surface area contributed by atoms with Crippen LogP contribution in [0.15, 0.2) is 0 Å². The van der Waals surface area contributed by atoms with Crippen LogP contribution in [0.3, 0.4) is 0 Å². The van der Waals surface area contributed by atoms with Gasteiger partial charge < -0.3 is 10.1 Å². The van der Waals surface area contributed by atoms with Gasteiger partial charge in [-0.1, -0.05) is 13.8 Å². The summed E-state index contributed by atoms with van der Waals surface area (Å²) < 4.78 is 5.57. The molecular weight excluding hydrogens is 162 g/mol. The van der Waals surface area contributed by atoms with Crippen LogP contribution >= 0.6 is 0 Å². The molecule has 0 radical (unpaired) electrons. The van der Waals surface area contributed by atoms with Gasteiger partial charge in [-0.3, -0.25) is 0 Å². The molecule has 2 saturated heterocycles. The predicted octanol–water partition coefficient (Wildman–Crippen LogP) is 1.94. The van der Waals surface area contributed by atoms with Crippen LogP contribution in [0.1, 0.15) is 39.5 Å². The van der Waals surface area contributed by atoms with Crippen LogP contribution in [0.4, 0.5) is 0 Å². The Morgan fingerprint density at radius 1 is 1.38 bits per heavy atom. The molecule has 0 aromatic rings. The largest absolute Gasteiger partial charge is 0.380 e. The summed E-state index contributed by atoms with van der Waals surface area (Å²) in [4.78, 5) is 0. The third-order valence-electron chi connectivity index (χ3n) is 3.55. The lowest BCUT2D eigenvalue weighted by Gasteiger charge is -2.34. The summed E-state index contributed by atoms with van der Waals surface area (Å²) in [6.07, 6.45) is 5.20. The topological polar surface area (TPSA) is 21.3 Å². The minimum atomic E-state index is 0.354. The molecule has 2 aliphatic rings. The second kappa shape index (κ2) is 3.58. The Morgan fingerprint density at radius 3 is 2.77 bits per heavy atom. The van der Waals surface area contributed by atoms with Crippen LogP contribution < -0.4 is 5.32 Å². The van der Waals surface area contributed by atoms with Crippen LogP contribution in [0, 0.1) is 5.92 Å². The number of hydrogen-bond acceptors (Lipinski definition) is 2. The van der Waals surface area contributed by atoms with Crippen molar-refractivity contribution in [2.24, 2.45) is 5.92 Å². The summed E-state index contributed by atoms with van der Waals surface area (Å²) in [5.74, 6) is 0.765. The Morgan fingerprint density at radius 2 is 2.23 bits per heavy atom. The Kier molecular flexibility index (Phi) is 2.61. The van der Waals surface area contributed by atoms with E-state index >= 15 is 0 Å². The molecular formula is C11H21NO. The van der Waals surface area contributed by atoms with Gasteiger partial charge in [0.05, 0.1) is 6.61 Å². The average molecular weight is 183 g/mol. The van der Waals surface area contributed by atoms with Gasteiger partial charge in [0.1, 0.15) is 0 Å². The summed E-state index contributed by atoms with van der Waals surface area (Å²) in [6.45, 7) is 6.52. The number of hydrogen-bond donors (Lipinski definition) is 1. The normalized spacial score (nSPS) is 40.4. The molecule has 2 heteroatoms. The molecule has 1 N–H and O–H groups in total. The summed E-state index contributed by atoms with van der Waals surface area (Å²) in [6, 6.07) is 0.724. The molecule has 2 nitrogen and oxygen atoms in total. The molecule has 0 bridgehead atoms. The molecule has 2 atom stereocenters. The van der Waals surface area contributed by atoms with Gasteiger partial charge in [0, 0.05) is 18.2 Å². The molecule has 2 aliphatic heterocycles. The van der Waals surface area contributed by atoms with E-state index in [4.69, 9.17) is 4.74 Å². The molecule has 76 valence electrons. The van der Waals surface area contributed by atoms with Crippen molar-refractivity contribution in [3.63, 3.8) is 0 Å². The van der Waals surface area contributed by atoms with Crippen LogP contribution in [-0.2, 0) is 4.74 Å². The third-order valence-corrected chi connectivity index (χ3v) is 3.55. The Hall–Kier alpha value is -0.0800. The van der Waals surface area contributed by atoms with Crippen LogP contribution in [0.2, 0.25) is 0 Å². The Labute approximate surface area is 81.0 Å². The number of rotatable bonds is 1. The highest BCUT2D eigenvalue weighted by Crippen LogP contribution is 2.33. The van der Waals surface area contributed by atoms with Gasteiger partial charge in [-0.15, -0.1) is 0 Å². The van der Waals surface area contributed by atoms with Gasteiger partial charge in [-0.05, 0) is 31.6 Å². The van der Waals surface area contributed by atoms with E-state index in [1.807, 2.05) is 0 Å². The van der Waals surface area contributed by atoms with Gasteiger partial charge in [-0.2, -0.15) is 0 Å². The van der Waals surface area contributed by atoms with E-state index in [0.29, 0.717) is 5.54 Å². The standard InChI is InChI=1S/C11H21NO/c1-9(2)10-4-6-11(12-10)5-3-7-13-8-11/h9-10,12H,3-8H2,1-2H3. The van der Waals surface area contributed by atoms with E-state index in [-0.39, 0.29) is 0 Å². The fraction of sp³-hybridized carbons (Fsp3) is 1.00. The van der Waals surface area contributed by atoms with Crippen molar-refractivity contribution in [3.8, 4) is 0 Å². The monoisotopic (exact) mass is 183 g/mol. The molecule has 0 amide bonds. The third kappa shape index (κ3) is 1.89. The molecule has 2 rings (SSSR count). The van der Waals surface area contributed by atoms with Gasteiger partial charge >= 0.3 is 0 Å². The number of nitrogens with one attached hydrogen (secondary N) is 1. The first-order valence-corrected chi connectivity index (χ1v) is 5.57. The molecule has 2 fully saturated rings. The van der Waals surface area contributed by atoms with Gasteiger partial charge in [0.15, 0.2) is 0 Å². The molecule has 0 aromatic heterocycles. The maximum atomic E-state index is 5.57. The lowest BCUT2D eigenvalue weighted by Crippen LogP contribution is -2.50. The van der Waals surface area contributed by atoms with Crippen molar-refractivity contribution < 1.29 is 4.74 Å². The van der Waals surface area contributed by atoms with Gasteiger partial charge in [0.2, 0.25) is 0 Å². The zero-order valence-electron chi connectivity index (χ0n) is 8.81. The van der Waals surface area contributed by atoms with Crippen molar-refractivity contribution in [2.75, 3.05) is 13.2 Å². The van der Waals surface area contributed by atoms with Crippen molar-refractivity contribution in [1.29, 1.82) is 0 Å². The fourth-order valence-corrected chi connectivity index (χ4v) is 2.63. The number of ether oxygens (including phenoxy) is 1. The molecule has 0 aromatic carbocycles. The highest BCUT2D eigenvalue weighted by atomic mass is 16.5. The van der Waals surface area contributed by atoms with E-state index in [1.165, 1.54) is 25.7 Å². The smallest absolute Gasteiger partial charge is 0.0648 e. The highest BCUT2D eigenvalue weighted by Gasteiger charge is 2.40. The first-order valence-electron chi connectivity index (χ1n) is 5.57. The lowest BCUT2D eigenvalue weighted by molar-refractivity contribution is 0.0260. The quantitative estimate of drug-likeness (QED) is 0.671. The zero-order chi connectivity index (χ0) is 9.31. The van der Waals surface area contributed by atoms with Crippen molar-refractivity contribution >= 4 is 0 Å². The minimum Gasteiger partial charge on any atom is -0.380 e. The maximum absolute atomic E-state index is 5.57. The van der Waals surface area contributed by atoms with Crippen LogP contribution in [0.5, 0.6) is 0 Å². The molecule has 0 saturated carbocycles. The first kappa shape index (κ1) is 9.47. The molecule has 0 aliphatic carbocycles. The Bertz CT molecular complexity index is 173. The van der Waals surface area contributed by atoms with Gasteiger partial charge in [-0.25, -0.2) is 0 Å². The summed E-state index contributed by atoms with van der Waals surface area (Å²) in [5, 5.41) is 3.78. The second-order valence-corrected chi connectivity index (χ2v) is 4.97. The van der Waals surface area contributed by atoms with Gasteiger partial charge in [0.25, 0.3) is 0 Å². The molecule has 2 unspecified atom stereocenters. The van der Waals surface area contributed by atoms with E-state index in [2.05, 4.69) is 19.2 Å². The molecule has 2 heterocycles. The van der Waals surface area contributed by atoms with E-state index in [9.17, 15) is 0 Å². The average Bonchev–Trinajstić information content (AvgIpc) is 2.51. The fourth-order valence-electron chi connectivity index (χ4n) is 2.63. The summed E-state index contributed by atoms with van der Waals surface area (Å²) in [5.41, 5.74) is 0.354.